The summed E-state index contributed by atoms with van der Waals surface area (Å²) in [5.41, 5.74) is 1.02. The first kappa shape index (κ1) is 14.7. The molecule has 0 bridgehead atoms. The summed E-state index contributed by atoms with van der Waals surface area (Å²) in [4.78, 5) is 25.1. The van der Waals surface area contributed by atoms with Gasteiger partial charge in [0.1, 0.15) is 11.9 Å². The van der Waals surface area contributed by atoms with E-state index in [9.17, 15) is 14.0 Å². The highest BCUT2D eigenvalue weighted by atomic mass is 35.5. The van der Waals surface area contributed by atoms with Gasteiger partial charge in [-0.15, -0.1) is 11.6 Å². The molecule has 1 aliphatic carbocycles. The molecule has 4 atom stereocenters. The monoisotopic (exact) mass is 335 g/mol. The number of alkyl halides is 1. The first-order valence-electron chi connectivity index (χ1n) is 7.70. The first-order chi connectivity index (χ1) is 11.0. The van der Waals surface area contributed by atoms with Crippen molar-refractivity contribution >= 4 is 23.3 Å². The SMILES string of the molecule is O=C1NC(c2ccc(F)cc2)C2=C1OC1CCC(Cl)CC1C2=O. The standard InChI is InChI=1S/C17H15ClFNO3/c18-9-3-6-12-11(7-9)15(21)13-14(20-17(22)16(13)23-12)8-1-4-10(19)5-2-8/h1-2,4-5,9,11-12,14H,3,6-7H2,(H,20,22). The molecule has 23 heavy (non-hydrogen) atoms. The van der Waals surface area contributed by atoms with Crippen molar-refractivity contribution in [2.75, 3.05) is 0 Å². The molecule has 3 aliphatic rings. The Morgan fingerprint density at radius 1 is 1.17 bits per heavy atom. The molecule has 1 saturated carbocycles. The number of benzene rings is 1. The molecule has 6 heteroatoms. The number of hydrogen-bond donors (Lipinski definition) is 1. The Morgan fingerprint density at radius 2 is 1.91 bits per heavy atom. The molecule has 1 aromatic rings. The molecule has 1 amide bonds. The fourth-order valence-electron chi connectivity index (χ4n) is 3.66. The maximum Gasteiger partial charge on any atom is 0.287 e. The number of nitrogens with one attached hydrogen (secondary N) is 1. The van der Waals surface area contributed by atoms with Crippen LogP contribution in [0.2, 0.25) is 0 Å². The number of hydrogen-bond acceptors (Lipinski definition) is 3. The quantitative estimate of drug-likeness (QED) is 0.803. The molecule has 2 heterocycles. The molecular weight excluding hydrogens is 321 g/mol. The molecule has 0 saturated heterocycles. The predicted molar refractivity (Wildman–Crippen MR) is 81.2 cm³/mol. The van der Waals surface area contributed by atoms with Crippen LogP contribution >= 0.6 is 11.6 Å². The molecule has 0 aromatic heterocycles. The Bertz CT molecular complexity index is 715. The van der Waals surface area contributed by atoms with Gasteiger partial charge in [0, 0.05) is 5.38 Å². The Morgan fingerprint density at radius 3 is 2.65 bits per heavy atom. The molecule has 0 radical (unpaired) electrons. The van der Waals surface area contributed by atoms with Crippen LogP contribution in [0.25, 0.3) is 0 Å². The average Bonchev–Trinajstić information content (AvgIpc) is 2.86. The van der Waals surface area contributed by atoms with Gasteiger partial charge >= 0.3 is 0 Å². The third-order valence-electron chi connectivity index (χ3n) is 4.81. The van der Waals surface area contributed by atoms with Gasteiger partial charge in [-0.1, -0.05) is 12.1 Å². The zero-order valence-electron chi connectivity index (χ0n) is 12.2. The van der Waals surface area contributed by atoms with Gasteiger partial charge in [0.25, 0.3) is 5.91 Å². The van der Waals surface area contributed by atoms with E-state index in [0.29, 0.717) is 24.0 Å². The van der Waals surface area contributed by atoms with Crippen LogP contribution in [0, 0.1) is 11.7 Å². The molecule has 4 rings (SSSR count). The van der Waals surface area contributed by atoms with Gasteiger partial charge in [0.15, 0.2) is 11.5 Å². The third kappa shape index (κ3) is 2.34. The van der Waals surface area contributed by atoms with Crippen LogP contribution in [0.1, 0.15) is 30.9 Å². The van der Waals surface area contributed by atoms with Gasteiger partial charge in [0.2, 0.25) is 0 Å². The fourth-order valence-corrected chi connectivity index (χ4v) is 3.98. The normalized spacial score (nSPS) is 33.0. The van der Waals surface area contributed by atoms with Crippen molar-refractivity contribution in [3.8, 4) is 0 Å². The molecule has 2 aliphatic heterocycles. The van der Waals surface area contributed by atoms with E-state index >= 15 is 0 Å². The lowest BCUT2D eigenvalue weighted by Crippen LogP contribution is -2.41. The summed E-state index contributed by atoms with van der Waals surface area (Å²) in [6, 6.07) is 5.18. The van der Waals surface area contributed by atoms with Gasteiger partial charge < -0.3 is 10.1 Å². The van der Waals surface area contributed by atoms with Crippen LogP contribution < -0.4 is 5.32 Å². The van der Waals surface area contributed by atoms with Gasteiger partial charge in [-0.3, -0.25) is 9.59 Å². The van der Waals surface area contributed by atoms with E-state index in [1.807, 2.05) is 0 Å². The second-order valence-corrected chi connectivity index (χ2v) is 6.86. The number of carbonyl (C=O) groups excluding carboxylic acids is 2. The average molecular weight is 336 g/mol. The molecule has 120 valence electrons. The highest BCUT2D eigenvalue weighted by molar-refractivity contribution is 6.21. The number of ether oxygens (including phenoxy) is 1. The summed E-state index contributed by atoms with van der Waals surface area (Å²) < 4.78 is 19.0. The zero-order chi connectivity index (χ0) is 16.1. The molecule has 1 aromatic carbocycles. The van der Waals surface area contributed by atoms with E-state index in [0.717, 1.165) is 6.42 Å². The van der Waals surface area contributed by atoms with Gasteiger partial charge in [0.05, 0.1) is 17.5 Å². The maximum atomic E-state index is 13.1. The molecule has 1 N–H and O–H groups in total. The number of fused-ring (bicyclic) bond motifs is 1. The van der Waals surface area contributed by atoms with Crippen LogP contribution in [0.5, 0.6) is 0 Å². The van der Waals surface area contributed by atoms with Crippen molar-refractivity contribution in [1.82, 2.24) is 5.32 Å². The van der Waals surface area contributed by atoms with Crippen molar-refractivity contribution in [2.24, 2.45) is 5.92 Å². The number of ketones is 1. The Kier molecular flexibility index (Phi) is 3.41. The summed E-state index contributed by atoms with van der Waals surface area (Å²) in [6.45, 7) is 0. The number of rotatable bonds is 1. The van der Waals surface area contributed by atoms with Gasteiger partial charge in [-0.2, -0.15) is 0 Å². The van der Waals surface area contributed by atoms with Crippen LogP contribution in [0.15, 0.2) is 35.6 Å². The maximum absolute atomic E-state index is 13.1. The van der Waals surface area contributed by atoms with Crippen molar-refractivity contribution in [3.63, 3.8) is 0 Å². The van der Waals surface area contributed by atoms with E-state index in [-0.39, 0.29) is 40.7 Å². The number of Topliss-reactive ketones (excluding diaryl/α,β-unsaturated/α-hetero) is 1. The van der Waals surface area contributed by atoms with E-state index in [1.54, 1.807) is 12.1 Å². The predicted octanol–water partition coefficient (Wildman–Crippen LogP) is 2.63. The van der Waals surface area contributed by atoms with Crippen LogP contribution in [-0.4, -0.2) is 23.2 Å². The molecule has 0 spiro atoms. The summed E-state index contributed by atoms with van der Waals surface area (Å²) >= 11 is 6.20. The number of carbonyl (C=O) groups is 2. The fraction of sp³-hybridized carbons (Fsp3) is 0.412. The zero-order valence-corrected chi connectivity index (χ0v) is 13.0. The van der Waals surface area contributed by atoms with E-state index in [2.05, 4.69) is 5.32 Å². The second-order valence-electron chi connectivity index (χ2n) is 6.24. The van der Waals surface area contributed by atoms with Crippen molar-refractivity contribution in [2.45, 2.75) is 36.8 Å². The van der Waals surface area contributed by atoms with Gasteiger partial charge in [-0.05, 0) is 37.0 Å². The Labute approximate surface area is 137 Å². The lowest BCUT2D eigenvalue weighted by atomic mass is 9.77. The molecule has 1 fully saturated rings. The first-order valence-corrected chi connectivity index (χ1v) is 8.13. The van der Waals surface area contributed by atoms with Crippen molar-refractivity contribution in [3.05, 3.63) is 47.0 Å². The molecular formula is C17H15ClFNO3. The minimum Gasteiger partial charge on any atom is -0.483 e. The summed E-state index contributed by atoms with van der Waals surface area (Å²) in [5.74, 6) is -1.00. The lowest BCUT2D eigenvalue weighted by Gasteiger charge is -2.36. The molecule has 4 unspecified atom stereocenters. The highest BCUT2D eigenvalue weighted by Crippen LogP contribution is 2.43. The van der Waals surface area contributed by atoms with E-state index in [4.69, 9.17) is 16.3 Å². The van der Waals surface area contributed by atoms with Crippen molar-refractivity contribution < 1.29 is 18.7 Å². The summed E-state index contributed by atoms with van der Waals surface area (Å²) in [6.07, 6.45) is 1.75. The van der Waals surface area contributed by atoms with E-state index in [1.165, 1.54) is 12.1 Å². The summed E-state index contributed by atoms with van der Waals surface area (Å²) in [5, 5.41) is 2.73. The Hall–Kier alpha value is -1.88. The van der Waals surface area contributed by atoms with Crippen LogP contribution in [-0.2, 0) is 14.3 Å². The second kappa shape index (κ2) is 5.34. The summed E-state index contributed by atoms with van der Waals surface area (Å²) in [7, 11) is 0. The van der Waals surface area contributed by atoms with Crippen LogP contribution in [0.4, 0.5) is 4.39 Å². The smallest absolute Gasteiger partial charge is 0.287 e. The number of amides is 1. The third-order valence-corrected chi connectivity index (χ3v) is 5.21. The van der Waals surface area contributed by atoms with Gasteiger partial charge in [-0.25, -0.2) is 4.39 Å². The highest BCUT2D eigenvalue weighted by Gasteiger charge is 2.49. The lowest BCUT2D eigenvalue weighted by molar-refractivity contribution is -0.132. The largest absolute Gasteiger partial charge is 0.483 e. The van der Waals surface area contributed by atoms with E-state index < -0.39 is 6.04 Å². The minimum absolute atomic E-state index is 0.0414. The minimum atomic E-state index is -0.581. The number of halogens is 2. The Balaban J connectivity index is 1.73. The molecule has 4 nitrogen and oxygen atoms in total. The van der Waals surface area contributed by atoms with Crippen LogP contribution in [0.3, 0.4) is 0 Å². The topological polar surface area (TPSA) is 55.4 Å². The van der Waals surface area contributed by atoms with Crippen molar-refractivity contribution in [1.29, 1.82) is 0 Å².